The van der Waals surface area contributed by atoms with E-state index in [1.165, 1.54) is 64.7 Å². The third kappa shape index (κ3) is 17.5. The molecule has 2 nitrogen and oxygen atoms in total. The van der Waals surface area contributed by atoms with E-state index in [0.717, 1.165) is 6.42 Å². The molecule has 0 fully saturated rings. The standard InChI is InChI=1S/C17H34O2/c1-16(18)19-15-13-11-9-7-5-6-8-10-12-14-17(2,3)4/h5-15H2,1-4H3. The Morgan fingerprint density at radius 2 is 1.21 bits per heavy atom. The molecule has 0 heterocycles. The van der Waals surface area contributed by atoms with Gasteiger partial charge in [0.15, 0.2) is 0 Å². The lowest BCUT2D eigenvalue weighted by molar-refractivity contribution is -0.141. The first kappa shape index (κ1) is 18.5. The quantitative estimate of drug-likeness (QED) is 0.366. The molecular formula is C17H34O2. The fourth-order valence-electron chi connectivity index (χ4n) is 2.21. The molecule has 2 heteroatoms. The van der Waals surface area contributed by atoms with Crippen molar-refractivity contribution >= 4 is 5.97 Å². The maximum absolute atomic E-state index is 10.5. The number of esters is 1. The van der Waals surface area contributed by atoms with Crippen molar-refractivity contribution in [2.45, 2.75) is 91.9 Å². The van der Waals surface area contributed by atoms with E-state index >= 15 is 0 Å². The van der Waals surface area contributed by atoms with E-state index in [-0.39, 0.29) is 5.97 Å². The summed E-state index contributed by atoms with van der Waals surface area (Å²) in [5, 5.41) is 0. The smallest absolute Gasteiger partial charge is 0.302 e. The fraction of sp³-hybridized carbons (Fsp3) is 0.941. The number of unbranched alkanes of at least 4 members (excludes halogenated alkanes) is 8. The zero-order valence-electron chi connectivity index (χ0n) is 13.6. The Hall–Kier alpha value is -0.530. The number of ether oxygens (including phenoxy) is 1. The second-order valence-electron chi connectivity index (χ2n) is 6.83. The van der Waals surface area contributed by atoms with E-state index in [1.54, 1.807) is 0 Å². The molecule has 0 amide bonds. The van der Waals surface area contributed by atoms with Crippen LogP contribution in [0.1, 0.15) is 91.9 Å². The van der Waals surface area contributed by atoms with Crippen molar-refractivity contribution < 1.29 is 9.53 Å². The van der Waals surface area contributed by atoms with Gasteiger partial charge in [-0.2, -0.15) is 0 Å². The Morgan fingerprint density at radius 1 is 0.789 bits per heavy atom. The molecule has 114 valence electrons. The van der Waals surface area contributed by atoms with Crippen molar-refractivity contribution in [2.24, 2.45) is 5.41 Å². The summed E-state index contributed by atoms with van der Waals surface area (Å²) in [7, 11) is 0. The minimum Gasteiger partial charge on any atom is -0.466 e. The summed E-state index contributed by atoms with van der Waals surface area (Å²) in [6.45, 7) is 9.04. The fourth-order valence-corrected chi connectivity index (χ4v) is 2.21. The molecular weight excluding hydrogens is 236 g/mol. The highest BCUT2D eigenvalue weighted by atomic mass is 16.5. The molecule has 0 bridgehead atoms. The Balaban J connectivity index is 3.05. The molecule has 0 saturated heterocycles. The van der Waals surface area contributed by atoms with Crippen molar-refractivity contribution in [2.75, 3.05) is 6.61 Å². The van der Waals surface area contributed by atoms with Gasteiger partial charge in [-0.05, 0) is 18.3 Å². The van der Waals surface area contributed by atoms with Crippen LogP contribution in [0.15, 0.2) is 0 Å². The summed E-state index contributed by atoms with van der Waals surface area (Å²) >= 11 is 0. The second kappa shape index (κ2) is 11.3. The van der Waals surface area contributed by atoms with Crippen LogP contribution in [0.25, 0.3) is 0 Å². The number of rotatable bonds is 11. The molecule has 0 unspecified atom stereocenters. The molecule has 0 saturated carbocycles. The lowest BCUT2D eigenvalue weighted by Gasteiger charge is -2.17. The Kier molecular flexibility index (Phi) is 11.0. The topological polar surface area (TPSA) is 26.3 Å². The van der Waals surface area contributed by atoms with E-state index < -0.39 is 0 Å². The van der Waals surface area contributed by atoms with E-state index in [4.69, 9.17) is 4.74 Å². The van der Waals surface area contributed by atoms with Gasteiger partial charge in [0.1, 0.15) is 0 Å². The van der Waals surface area contributed by atoms with Gasteiger partial charge < -0.3 is 4.74 Å². The van der Waals surface area contributed by atoms with Crippen LogP contribution in [0.2, 0.25) is 0 Å². The van der Waals surface area contributed by atoms with Crippen LogP contribution in [0.5, 0.6) is 0 Å². The Morgan fingerprint density at radius 3 is 1.63 bits per heavy atom. The summed E-state index contributed by atoms with van der Waals surface area (Å²) in [4.78, 5) is 10.5. The van der Waals surface area contributed by atoms with E-state index in [9.17, 15) is 4.79 Å². The largest absolute Gasteiger partial charge is 0.466 e. The van der Waals surface area contributed by atoms with Crippen molar-refractivity contribution in [3.8, 4) is 0 Å². The van der Waals surface area contributed by atoms with Gasteiger partial charge in [-0.25, -0.2) is 0 Å². The van der Waals surface area contributed by atoms with Crippen LogP contribution >= 0.6 is 0 Å². The van der Waals surface area contributed by atoms with Gasteiger partial charge in [0.25, 0.3) is 0 Å². The van der Waals surface area contributed by atoms with Crippen molar-refractivity contribution in [1.82, 2.24) is 0 Å². The normalized spacial score (nSPS) is 11.6. The molecule has 0 aliphatic heterocycles. The number of carbonyl (C=O) groups excluding carboxylic acids is 1. The van der Waals surface area contributed by atoms with Gasteiger partial charge >= 0.3 is 5.97 Å². The summed E-state index contributed by atoms with van der Waals surface area (Å²) in [5.74, 6) is -0.157. The van der Waals surface area contributed by atoms with E-state index in [0.29, 0.717) is 12.0 Å². The maximum atomic E-state index is 10.5. The van der Waals surface area contributed by atoms with Crippen LogP contribution in [-0.2, 0) is 9.53 Å². The van der Waals surface area contributed by atoms with Crippen LogP contribution in [0.3, 0.4) is 0 Å². The highest BCUT2D eigenvalue weighted by Gasteiger charge is 2.08. The van der Waals surface area contributed by atoms with Crippen LogP contribution < -0.4 is 0 Å². The molecule has 0 aromatic rings. The second-order valence-corrected chi connectivity index (χ2v) is 6.83. The summed E-state index contributed by atoms with van der Waals surface area (Å²) < 4.78 is 4.90. The van der Waals surface area contributed by atoms with E-state index in [1.807, 2.05) is 0 Å². The number of hydrogen-bond donors (Lipinski definition) is 0. The van der Waals surface area contributed by atoms with Crippen molar-refractivity contribution in [1.29, 1.82) is 0 Å². The first-order valence-electron chi connectivity index (χ1n) is 8.05. The molecule has 0 aromatic carbocycles. The lowest BCUT2D eigenvalue weighted by Crippen LogP contribution is -2.03. The molecule has 0 aromatic heterocycles. The summed E-state index contributed by atoms with van der Waals surface area (Å²) in [6, 6.07) is 0. The first-order chi connectivity index (χ1) is 8.92. The van der Waals surface area contributed by atoms with Crippen LogP contribution in [-0.4, -0.2) is 12.6 Å². The number of hydrogen-bond acceptors (Lipinski definition) is 2. The SMILES string of the molecule is CC(=O)OCCCCCCCCCCCC(C)(C)C. The van der Waals surface area contributed by atoms with Gasteiger partial charge in [-0.1, -0.05) is 72.1 Å². The van der Waals surface area contributed by atoms with Gasteiger partial charge in [0.05, 0.1) is 6.61 Å². The minimum absolute atomic E-state index is 0.157. The third-order valence-electron chi connectivity index (χ3n) is 3.38. The zero-order valence-corrected chi connectivity index (χ0v) is 13.6. The monoisotopic (exact) mass is 270 g/mol. The van der Waals surface area contributed by atoms with Crippen LogP contribution in [0.4, 0.5) is 0 Å². The Labute approximate surface area is 120 Å². The molecule has 0 atom stereocenters. The van der Waals surface area contributed by atoms with E-state index in [2.05, 4.69) is 20.8 Å². The van der Waals surface area contributed by atoms with Crippen LogP contribution in [0, 0.1) is 5.41 Å². The average Bonchev–Trinajstić information content (AvgIpc) is 2.28. The molecule has 0 aliphatic rings. The highest BCUT2D eigenvalue weighted by molar-refractivity contribution is 5.65. The number of carbonyl (C=O) groups is 1. The molecule has 19 heavy (non-hydrogen) atoms. The molecule has 0 N–H and O–H groups in total. The molecule has 0 spiro atoms. The Bertz CT molecular complexity index is 216. The van der Waals surface area contributed by atoms with Gasteiger partial charge in [-0.15, -0.1) is 0 Å². The molecule has 0 radical (unpaired) electrons. The third-order valence-corrected chi connectivity index (χ3v) is 3.38. The maximum Gasteiger partial charge on any atom is 0.302 e. The predicted molar refractivity (Wildman–Crippen MR) is 82.3 cm³/mol. The minimum atomic E-state index is -0.157. The van der Waals surface area contributed by atoms with Gasteiger partial charge in [0.2, 0.25) is 0 Å². The summed E-state index contributed by atoms with van der Waals surface area (Å²) in [5.41, 5.74) is 0.502. The molecule has 0 rings (SSSR count). The summed E-state index contributed by atoms with van der Waals surface area (Å²) in [6.07, 6.45) is 13.1. The lowest BCUT2D eigenvalue weighted by atomic mass is 9.89. The highest BCUT2D eigenvalue weighted by Crippen LogP contribution is 2.22. The zero-order chi connectivity index (χ0) is 14.6. The van der Waals surface area contributed by atoms with Gasteiger partial charge in [-0.3, -0.25) is 4.79 Å². The van der Waals surface area contributed by atoms with Crippen molar-refractivity contribution in [3.05, 3.63) is 0 Å². The van der Waals surface area contributed by atoms with Gasteiger partial charge in [0, 0.05) is 6.92 Å². The average molecular weight is 270 g/mol. The predicted octanol–water partition coefficient (Wildman–Crippen LogP) is 5.50. The van der Waals surface area contributed by atoms with Crippen molar-refractivity contribution in [3.63, 3.8) is 0 Å². The first-order valence-corrected chi connectivity index (χ1v) is 8.05. The molecule has 0 aliphatic carbocycles.